The third-order valence-electron chi connectivity index (χ3n) is 3.58. The van der Waals surface area contributed by atoms with Gasteiger partial charge in [0.2, 0.25) is 11.8 Å². The molecular formula is C16H21ClN2O3. The number of nitrogens with two attached hydrogens (primary N) is 1. The lowest BCUT2D eigenvalue weighted by Crippen LogP contribution is -2.48. The fourth-order valence-corrected chi connectivity index (χ4v) is 2.11. The fourth-order valence-electron chi connectivity index (χ4n) is 1.98. The molecule has 1 aromatic carbocycles. The summed E-state index contributed by atoms with van der Waals surface area (Å²) in [7, 11) is 0. The summed E-state index contributed by atoms with van der Waals surface area (Å²) in [5, 5.41) is 3.14. The number of carbonyl (C=O) groups excluding carboxylic acids is 3. The number of Topliss-reactive ketones (excluding diaryl/α,β-unsaturated/α-hetero) is 1. The number of benzene rings is 1. The van der Waals surface area contributed by atoms with Crippen LogP contribution >= 0.6 is 11.6 Å². The predicted octanol–water partition coefficient (Wildman–Crippen LogP) is 2.32. The van der Waals surface area contributed by atoms with Crippen molar-refractivity contribution in [1.82, 2.24) is 5.32 Å². The molecule has 0 aromatic heterocycles. The zero-order valence-corrected chi connectivity index (χ0v) is 13.5. The molecule has 0 spiro atoms. The van der Waals surface area contributed by atoms with Gasteiger partial charge in [-0.25, -0.2) is 0 Å². The Labute approximate surface area is 135 Å². The lowest BCUT2D eigenvalue weighted by Gasteiger charge is -2.21. The third-order valence-corrected chi connectivity index (χ3v) is 3.83. The Hall–Kier alpha value is -1.88. The van der Waals surface area contributed by atoms with Crippen molar-refractivity contribution in [3.8, 4) is 0 Å². The normalized spacial score (nSPS) is 13.2. The van der Waals surface area contributed by atoms with Crippen LogP contribution in [-0.2, 0) is 9.59 Å². The van der Waals surface area contributed by atoms with Gasteiger partial charge in [-0.05, 0) is 30.2 Å². The first-order valence-electron chi connectivity index (χ1n) is 7.22. The molecule has 0 bridgehead atoms. The summed E-state index contributed by atoms with van der Waals surface area (Å²) in [6.07, 6.45) is 0.804. The SMILES string of the molecule is CCC(C)C(NC(=O)CCC(=O)c1ccc(Cl)cc1)C(N)=O. The van der Waals surface area contributed by atoms with Crippen molar-refractivity contribution in [1.29, 1.82) is 0 Å². The van der Waals surface area contributed by atoms with Crippen molar-refractivity contribution in [2.75, 3.05) is 0 Å². The predicted molar refractivity (Wildman–Crippen MR) is 85.6 cm³/mol. The Balaban J connectivity index is 2.53. The van der Waals surface area contributed by atoms with Gasteiger partial charge in [-0.1, -0.05) is 31.9 Å². The molecule has 0 saturated carbocycles. The van der Waals surface area contributed by atoms with Crippen LogP contribution < -0.4 is 11.1 Å². The first-order chi connectivity index (χ1) is 10.3. The number of primary amides is 1. The molecule has 0 fully saturated rings. The molecule has 0 aliphatic carbocycles. The maximum atomic E-state index is 12.0. The molecule has 22 heavy (non-hydrogen) atoms. The van der Waals surface area contributed by atoms with Crippen molar-refractivity contribution in [2.45, 2.75) is 39.2 Å². The Morgan fingerprint density at radius 2 is 1.77 bits per heavy atom. The van der Waals surface area contributed by atoms with Crippen molar-refractivity contribution >= 4 is 29.2 Å². The Bertz CT molecular complexity index is 543. The molecule has 120 valence electrons. The maximum Gasteiger partial charge on any atom is 0.240 e. The third kappa shape index (κ3) is 5.48. The van der Waals surface area contributed by atoms with E-state index in [0.717, 1.165) is 6.42 Å². The average molecular weight is 325 g/mol. The van der Waals surface area contributed by atoms with E-state index in [9.17, 15) is 14.4 Å². The van der Waals surface area contributed by atoms with Crippen LogP contribution in [0.4, 0.5) is 0 Å². The minimum Gasteiger partial charge on any atom is -0.368 e. The van der Waals surface area contributed by atoms with Gasteiger partial charge in [-0.3, -0.25) is 14.4 Å². The van der Waals surface area contributed by atoms with Crippen molar-refractivity contribution < 1.29 is 14.4 Å². The van der Waals surface area contributed by atoms with Crippen molar-refractivity contribution in [3.05, 3.63) is 34.9 Å². The second kappa shape index (κ2) is 8.54. The van der Waals surface area contributed by atoms with E-state index in [-0.39, 0.29) is 30.4 Å². The molecule has 0 radical (unpaired) electrons. The van der Waals surface area contributed by atoms with Gasteiger partial charge in [-0.15, -0.1) is 0 Å². The van der Waals surface area contributed by atoms with E-state index in [1.165, 1.54) is 0 Å². The summed E-state index contributed by atoms with van der Waals surface area (Å²) in [5.41, 5.74) is 5.79. The Morgan fingerprint density at radius 3 is 2.27 bits per heavy atom. The van der Waals surface area contributed by atoms with Gasteiger partial charge in [0, 0.05) is 23.4 Å². The zero-order chi connectivity index (χ0) is 16.7. The molecule has 6 heteroatoms. The highest BCUT2D eigenvalue weighted by Gasteiger charge is 2.23. The first kappa shape index (κ1) is 18.2. The monoisotopic (exact) mass is 324 g/mol. The molecule has 0 aliphatic rings. The molecule has 0 heterocycles. The molecule has 0 saturated heterocycles. The molecule has 0 aliphatic heterocycles. The van der Waals surface area contributed by atoms with E-state index in [1.54, 1.807) is 24.3 Å². The standard InChI is InChI=1S/C16H21ClN2O3/c1-3-10(2)15(16(18)22)19-14(21)9-8-13(20)11-4-6-12(17)7-5-11/h4-7,10,15H,3,8-9H2,1-2H3,(H2,18,22)(H,19,21). The summed E-state index contributed by atoms with van der Waals surface area (Å²) in [4.78, 5) is 35.2. The van der Waals surface area contributed by atoms with E-state index in [1.807, 2.05) is 13.8 Å². The number of hydrogen-bond donors (Lipinski definition) is 2. The highest BCUT2D eigenvalue weighted by molar-refractivity contribution is 6.30. The van der Waals surface area contributed by atoms with E-state index >= 15 is 0 Å². The summed E-state index contributed by atoms with van der Waals surface area (Å²) in [6.45, 7) is 3.76. The number of halogens is 1. The van der Waals surface area contributed by atoms with E-state index in [0.29, 0.717) is 10.6 Å². The van der Waals surface area contributed by atoms with Gasteiger partial charge in [0.25, 0.3) is 0 Å². The zero-order valence-electron chi connectivity index (χ0n) is 12.8. The number of nitrogens with one attached hydrogen (secondary N) is 1. The van der Waals surface area contributed by atoms with Gasteiger partial charge < -0.3 is 11.1 Å². The second-order valence-corrected chi connectivity index (χ2v) is 5.70. The van der Waals surface area contributed by atoms with E-state index in [4.69, 9.17) is 17.3 Å². The molecule has 1 rings (SSSR count). The number of ketones is 1. The Kier molecular flexibility index (Phi) is 7.05. The molecular weight excluding hydrogens is 304 g/mol. The Morgan fingerprint density at radius 1 is 1.18 bits per heavy atom. The molecule has 5 nitrogen and oxygen atoms in total. The van der Waals surface area contributed by atoms with Gasteiger partial charge in [0.15, 0.2) is 5.78 Å². The van der Waals surface area contributed by atoms with Crippen molar-refractivity contribution in [2.24, 2.45) is 11.7 Å². The van der Waals surface area contributed by atoms with E-state index in [2.05, 4.69) is 5.32 Å². The molecule has 2 amide bonds. The van der Waals surface area contributed by atoms with Gasteiger partial charge in [0.05, 0.1) is 0 Å². The minimum absolute atomic E-state index is 0.0155. The van der Waals surface area contributed by atoms with Gasteiger partial charge in [0.1, 0.15) is 6.04 Å². The van der Waals surface area contributed by atoms with Crippen LogP contribution in [0.5, 0.6) is 0 Å². The largest absolute Gasteiger partial charge is 0.368 e. The molecule has 2 atom stereocenters. The first-order valence-corrected chi connectivity index (χ1v) is 7.60. The summed E-state index contributed by atoms with van der Waals surface area (Å²) < 4.78 is 0. The number of rotatable bonds is 8. The second-order valence-electron chi connectivity index (χ2n) is 5.26. The van der Waals surface area contributed by atoms with Crippen molar-refractivity contribution in [3.63, 3.8) is 0 Å². The number of amides is 2. The molecule has 1 aromatic rings. The summed E-state index contributed by atoms with van der Waals surface area (Å²) in [5.74, 6) is -1.11. The number of carbonyl (C=O) groups is 3. The van der Waals surface area contributed by atoms with Crippen LogP contribution in [0.2, 0.25) is 5.02 Å². The smallest absolute Gasteiger partial charge is 0.240 e. The van der Waals surface area contributed by atoms with Crippen LogP contribution in [0.1, 0.15) is 43.5 Å². The van der Waals surface area contributed by atoms with Crippen LogP contribution in [-0.4, -0.2) is 23.6 Å². The highest BCUT2D eigenvalue weighted by atomic mass is 35.5. The number of hydrogen-bond acceptors (Lipinski definition) is 3. The maximum absolute atomic E-state index is 12.0. The van der Waals surface area contributed by atoms with Crippen LogP contribution in [0, 0.1) is 5.92 Å². The fraction of sp³-hybridized carbons (Fsp3) is 0.438. The van der Waals surface area contributed by atoms with Gasteiger partial charge in [-0.2, -0.15) is 0 Å². The van der Waals surface area contributed by atoms with Crippen LogP contribution in [0.25, 0.3) is 0 Å². The quantitative estimate of drug-likeness (QED) is 0.719. The minimum atomic E-state index is -0.705. The topological polar surface area (TPSA) is 89.3 Å². The lowest BCUT2D eigenvalue weighted by molar-refractivity contribution is -0.128. The van der Waals surface area contributed by atoms with Crippen LogP contribution in [0.15, 0.2) is 24.3 Å². The van der Waals surface area contributed by atoms with Crippen LogP contribution in [0.3, 0.4) is 0 Å². The average Bonchev–Trinajstić information content (AvgIpc) is 2.49. The summed E-state index contributed by atoms with van der Waals surface area (Å²) >= 11 is 5.75. The van der Waals surface area contributed by atoms with Gasteiger partial charge >= 0.3 is 0 Å². The van der Waals surface area contributed by atoms with E-state index < -0.39 is 11.9 Å². The summed E-state index contributed by atoms with van der Waals surface area (Å²) in [6, 6.07) is 5.78. The molecule has 3 N–H and O–H groups in total. The lowest BCUT2D eigenvalue weighted by atomic mass is 9.98. The molecule has 2 unspecified atom stereocenters. The highest BCUT2D eigenvalue weighted by Crippen LogP contribution is 2.12.